The second-order valence-electron chi connectivity index (χ2n) is 6.91. The molecule has 2 rings (SSSR count). The lowest BCUT2D eigenvalue weighted by Gasteiger charge is -2.21. The zero-order valence-electron chi connectivity index (χ0n) is 14.7. The predicted molar refractivity (Wildman–Crippen MR) is 104 cm³/mol. The molecular weight excluding hydrogens is 356 g/mol. The minimum absolute atomic E-state index is 0.160. The van der Waals surface area contributed by atoms with Gasteiger partial charge in [-0.05, 0) is 55.2 Å². The Morgan fingerprint density at radius 3 is 2.32 bits per heavy atom. The highest BCUT2D eigenvalue weighted by Gasteiger charge is 2.23. The fourth-order valence-corrected chi connectivity index (χ4v) is 4.84. The van der Waals surface area contributed by atoms with Gasteiger partial charge in [0.25, 0.3) is 0 Å². The van der Waals surface area contributed by atoms with Crippen molar-refractivity contribution in [1.29, 1.82) is 0 Å². The summed E-state index contributed by atoms with van der Waals surface area (Å²) in [6, 6.07) is 6.52. The third-order valence-corrected chi connectivity index (χ3v) is 6.52. The molecule has 0 radical (unpaired) electrons. The Labute approximate surface area is 155 Å². The Morgan fingerprint density at radius 1 is 1.16 bits per heavy atom. The van der Waals surface area contributed by atoms with Gasteiger partial charge < -0.3 is 10.6 Å². The summed E-state index contributed by atoms with van der Waals surface area (Å²) in [6.45, 7) is 3.56. The van der Waals surface area contributed by atoms with Crippen LogP contribution in [0.2, 0.25) is 0 Å². The van der Waals surface area contributed by atoms with E-state index in [0.717, 1.165) is 25.7 Å². The first-order valence-electron chi connectivity index (χ1n) is 8.72. The lowest BCUT2D eigenvalue weighted by Crippen LogP contribution is -2.36. The zero-order valence-corrected chi connectivity index (χ0v) is 16.4. The Kier molecular flexibility index (Phi) is 6.95. The normalized spacial score (nSPS) is 15.8. The second-order valence-corrected chi connectivity index (χ2v) is 9.35. The fraction of sp³-hybridized carbons (Fsp3) is 0.556. The van der Waals surface area contributed by atoms with E-state index in [0.29, 0.717) is 10.6 Å². The smallest absolute Gasteiger partial charge is 0.228 e. The van der Waals surface area contributed by atoms with E-state index in [1.807, 2.05) is 0 Å². The van der Waals surface area contributed by atoms with Gasteiger partial charge in [-0.3, -0.25) is 4.79 Å². The number of thiocarbonyl (C=S) groups is 1. The van der Waals surface area contributed by atoms with Crippen LogP contribution in [0, 0.1) is 11.8 Å². The van der Waals surface area contributed by atoms with Crippen LogP contribution in [-0.2, 0) is 14.6 Å². The van der Waals surface area contributed by atoms with Crippen molar-refractivity contribution in [2.24, 2.45) is 11.8 Å². The third kappa shape index (κ3) is 6.08. The van der Waals surface area contributed by atoms with E-state index >= 15 is 0 Å². The molecule has 2 N–H and O–H groups in total. The summed E-state index contributed by atoms with van der Waals surface area (Å²) in [5, 5.41) is 5.69. The second kappa shape index (κ2) is 8.76. The SMILES string of the molecule is CC(C)C(=O)NC(=S)Nc1ccc(S(=O)(=O)CC2CCCCC2)cc1. The minimum atomic E-state index is -3.27. The average molecular weight is 383 g/mol. The maximum Gasteiger partial charge on any atom is 0.228 e. The van der Waals surface area contributed by atoms with Crippen LogP contribution in [-0.4, -0.2) is 25.2 Å². The maximum absolute atomic E-state index is 12.6. The van der Waals surface area contributed by atoms with E-state index in [9.17, 15) is 13.2 Å². The number of rotatable bonds is 5. The van der Waals surface area contributed by atoms with Gasteiger partial charge >= 0.3 is 0 Å². The van der Waals surface area contributed by atoms with Crippen LogP contribution in [0.25, 0.3) is 0 Å². The highest BCUT2D eigenvalue weighted by atomic mass is 32.2. The van der Waals surface area contributed by atoms with Crippen LogP contribution >= 0.6 is 12.2 Å². The molecule has 0 spiro atoms. The highest BCUT2D eigenvalue weighted by molar-refractivity contribution is 7.91. The van der Waals surface area contributed by atoms with Gasteiger partial charge in [0.1, 0.15) is 0 Å². The van der Waals surface area contributed by atoms with Crippen LogP contribution in [0.1, 0.15) is 46.0 Å². The first-order chi connectivity index (χ1) is 11.8. The number of carbonyl (C=O) groups is 1. The van der Waals surface area contributed by atoms with Crippen molar-refractivity contribution < 1.29 is 13.2 Å². The van der Waals surface area contributed by atoms with Gasteiger partial charge in [-0.1, -0.05) is 33.1 Å². The minimum Gasteiger partial charge on any atom is -0.332 e. The standard InChI is InChI=1S/C18H26N2O3S2/c1-13(2)17(21)20-18(24)19-15-8-10-16(11-9-15)25(22,23)12-14-6-4-3-5-7-14/h8-11,13-14H,3-7,12H2,1-2H3,(H2,19,20,21,24). The summed E-state index contributed by atoms with van der Waals surface area (Å²) < 4.78 is 25.1. The first-order valence-corrected chi connectivity index (χ1v) is 10.8. The molecule has 7 heteroatoms. The largest absolute Gasteiger partial charge is 0.332 e. The zero-order chi connectivity index (χ0) is 18.4. The molecule has 1 aliphatic rings. The van der Waals surface area contributed by atoms with E-state index in [2.05, 4.69) is 10.6 Å². The molecular formula is C18H26N2O3S2. The molecule has 1 amide bonds. The maximum atomic E-state index is 12.6. The van der Waals surface area contributed by atoms with Gasteiger partial charge in [-0.25, -0.2) is 8.42 Å². The molecule has 25 heavy (non-hydrogen) atoms. The molecule has 0 saturated heterocycles. The van der Waals surface area contributed by atoms with E-state index in [-0.39, 0.29) is 28.6 Å². The molecule has 0 aliphatic heterocycles. The van der Waals surface area contributed by atoms with Gasteiger partial charge in [0, 0.05) is 11.6 Å². The molecule has 1 aliphatic carbocycles. The summed E-state index contributed by atoms with van der Waals surface area (Å²) in [6.07, 6.45) is 5.47. The summed E-state index contributed by atoms with van der Waals surface area (Å²) >= 11 is 5.08. The lowest BCUT2D eigenvalue weighted by molar-refractivity contribution is -0.122. The quantitative estimate of drug-likeness (QED) is 0.762. The number of amides is 1. The summed E-state index contributed by atoms with van der Waals surface area (Å²) in [5.74, 6) is 0.175. The third-order valence-electron chi connectivity index (χ3n) is 4.41. The van der Waals surface area contributed by atoms with E-state index in [1.54, 1.807) is 38.1 Å². The van der Waals surface area contributed by atoms with Gasteiger partial charge in [-0.2, -0.15) is 0 Å². The molecule has 0 aromatic heterocycles. The van der Waals surface area contributed by atoms with E-state index in [1.165, 1.54) is 6.42 Å². The topological polar surface area (TPSA) is 75.3 Å². The first kappa shape index (κ1) is 19.8. The monoisotopic (exact) mass is 382 g/mol. The van der Waals surface area contributed by atoms with Crippen LogP contribution in [0.3, 0.4) is 0 Å². The number of anilines is 1. The summed E-state index contributed by atoms with van der Waals surface area (Å²) in [7, 11) is -3.27. The van der Waals surface area contributed by atoms with Crippen molar-refractivity contribution >= 4 is 38.8 Å². The van der Waals surface area contributed by atoms with E-state index in [4.69, 9.17) is 12.2 Å². The molecule has 1 fully saturated rings. The van der Waals surface area contributed by atoms with Crippen LogP contribution in [0.4, 0.5) is 5.69 Å². The molecule has 0 unspecified atom stereocenters. The Morgan fingerprint density at radius 2 is 1.76 bits per heavy atom. The summed E-state index contributed by atoms with van der Waals surface area (Å²) in [5.41, 5.74) is 0.644. The highest BCUT2D eigenvalue weighted by Crippen LogP contribution is 2.27. The van der Waals surface area contributed by atoms with Gasteiger partial charge in [0.2, 0.25) is 5.91 Å². The van der Waals surface area contributed by atoms with Crippen molar-refractivity contribution in [3.8, 4) is 0 Å². The molecule has 0 atom stereocenters. The van der Waals surface area contributed by atoms with Gasteiger partial charge in [0.05, 0.1) is 10.6 Å². The number of hydrogen-bond acceptors (Lipinski definition) is 4. The van der Waals surface area contributed by atoms with Crippen molar-refractivity contribution in [3.05, 3.63) is 24.3 Å². The van der Waals surface area contributed by atoms with Crippen molar-refractivity contribution in [1.82, 2.24) is 5.32 Å². The molecule has 138 valence electrons. The Hall–Kier alpha value is -1.47. The van der Waals surface area contributed by atoms with Crippen LogP contribution in [0.15, 0.2) is 29.2 Å². The summed E-state index contributed by atoms with van der Waals surface area (Å²) in [4.78, 5) is 11.9. The number of carbonyl (C=O) groups excluding carboxylic acids is 1. The van der Waals surface area contributed by atoms with Gasteiger partial charge in [-0.15, -0.1) is 0 Å². The lowest BCUT2D eigenvalue weighted by atomic mass is 9.91. The molecule has 1 aromatic rings. The number of nitrogens with one attached hydrogen (secondary N) is 2. The Bertz CT molecular complexity index is 706. The van der Waals surface area contributed by atoms with Crippen molar-refractivity contribution in [2.75, 3.05) is 11.1 Å². The number of benzene rings is 1. The number of hydrogen-bond donors (Lipinski definition) is 2. The molecule has 0 bridgehead atoms. The van der Waals surface area contributed by atoms with Crippen LogP contribution < -0.4 is 10.6 Å². The van der Waals surface area contributed by atoms with Crippen molar-refractivity contribution in [3.63, 3.8) is 0 Å². The van der Waals surface area contributed by atoms with Gasteiger partial charge in [0.15, 0.2) is 14.9 Å². The number of sulfone groups is 1. The predicted octanol–water partition coefficient (Wildman–Crippen LogP) is 3.51. The molecule has 1 aromatic carbocycles. The molecule has 0 heterocycles. The van der Waals surface area contributed by atoms with Crippen LogP contribution in [0.5, 0.6) is 0 Å². The Balaban J connectivity index is 1.96. The average Bonchev–Trinajstić information content (AvgIpc) is 2.55. The fourth-order valence-electron chi connectivity index (χ4n) is 2.92. The molecule has 1 saturated carbocycles. The van der Waals surface area contributed by atoms with Crippen molar-refractivity contribution in [2.45, 2.75) is 50.8 Å². The molecule has 5 nitrogen and oxygen atoms in total. The van der Waals surface area contributed by atoms with E-state index < -0.39 is 9.84 Å².